The standard InChI is InChI=1S/C63H114O6/c1-4-7-10-13-16-19-22-25-27-29-30-31-32-33-35-36-38-41-44-47-50-53-56-62(65)68-59-60(58-67-61(64)55-52-49-46-43-40-24-21-18-15-12-9-6-3)69-63(66)57-54-51-48-45-42-39-37-34-28-26-23-20-17-14-11-8-5-2/h8,11,17-18,20-21,26,28,60H,4-7,9-10,12-16,19,22-25,27,29-59H2,1-3H3/b11-8-,20-17-,21-18-,28-26-. The van der Waals surface area contributed by atoms with Crippen LogP contribution in [0.25, 0.3) is 0 Å². The van der Waals surface area contributed by atoms with Crippen LogP contribution in [0.3, 0.4) is 0 Å². The molecule has 0 aliphatic carbocycles. The molecule has 1 atom stereocenters. The molecule has 0 radical (unpaired) electrons. The van der Waals surface area contributed by atoms with Gasteiger partial charge in [0.2, 0.25) is 0 Å². The van der Waals surface area contributed by atoms with E-state index in [1.54, 1.807) is 0 Å². The zero-order valence-corrected chi connectivity index (χ0v) is 46.1. The molecule has 6 nitrogen and oxygen atoms in total. The van der Waals surface area contributed by atoms with Crippen LogP contribution < -0.4 is 0 Å². The van der Waals surface area contributed by atoms with Crippen LogP contribution in [0.15, 0.2) is 48.6 Å². The monoisotopic (exact) mass is 967 g/mol. The fraction of sp³-hybridized carbons (Fsp3) is 0.825. The molecule has 0 amide bonds. The van der Waals surface area contributed by atoms with E-state index in [9.17, 15) is 14.4 Å². The van der Waals surface area contributed by atoms with Crippen molar-refractivity contribution in [3.8, 4) is 0 Å². The predicted octanol–water partition coefficient (Wildman–Crippen LogP) is 20.2. The third-order valence-electron chi connectivity index (χ3n) is 13.3. The molecule has 0 heterocycles. The highest BCUT2D eigenvalue weighted by molar-refractivity contribution is 5.71. The molecule has 1 unspecified atom stereocenters. The van der Waals surface area contributed by atoms with Crippen LogP contribution in [-0.4, -0.2) is 37.2 Å². The van der Waals surface area contributed by atoms with Gasteiger partial charge in [0.05, 0.1) is 0 Å². The first-order valence-electron chi connectivity index (χ1n) is 30.1. The molecule has 0 aromatic rings. The summed E-state index contributed by atoms with van der Waals surface area (Å²) in [5, 5.41) is 0. The lowest BCUT2D eigenvalue weighted by molar-refractivity contribution is -0.167. The number of allylic oxidation sites excluding steroid dienone is 8. The van der Waals surface area contributed by atoms with Gasteiger partial charge in [0.25, 0.3) is 0 Å². The van der Waals surface area contributed by atoms with Crippen molar-refractivity contribution < 1.29 is 28.6 Å². The molecule has 0 bridgehead atoms. The second-order valence-electron chi connectivity index (χ2n) is 20.2. The van der Waals surface area contributed by atoms with E-state index >= 15 is 0 Å². The second-order valence-corrected chi connectivity index (χ2v) is 20.2. The van der Waals surface area contributed by atoms with Crippen LogP contribution in [-0.2, 0) is 28.6 Å². The van der Waals surface area contributed by atoms with Crippen LogP contribution in [0.2, 0.25) is 0 Å². The molecule has 0 rings (SSSR count). The summed E-state index contributed by atoms with van der Waals surface area (Å²) in [5.41, 5.74) is 0. The number of carbonyl (C=O) groups excluding carboxylic acids is 3. The number of ether oxygens (including phenoxy) is 3. The van der Waals surface area contributed by atoms with Crippen molar-refractivity contribution in [2.24, 2.45) is 0 Å². The van der Waals surface area contributed by atoms with Gasteiger partial charge in [-0.1, -0.05) is 268 Å². The van der Waals surface area contributed by atoms with Crippen molar-refractivity contribution in [3.05, 3.63) is 48.6 Å². The lowest BCUT2D eigenvalue weighted by Crippen LogP contribution is -2.30. The Hall–Kier alpha value is -2.63. The molecule has 69 heavy (non-hydrogen) atoms. The van der Waals surface area contributed by atoms with Gasteiger partial charge >= 0.3 is 17.9 Å². The van der Waals surface area contributed by atoms with E-state index < -0.39 is 6.10 Å². The minimum absolute atomic E-state index is 0.0766. The fourth-order valence-electron chi connectivity index (χ4n) is 8.81. The van der Waals surface area contributed by atoms with Crippen molar-refractivity contribution >= 4 is 17.9 Å². The number of rotatable bonds is 55. The number of carbonyl (C=O) groups is 3. The molecule has 0 saturated carbocycles. The predicted molar refractivity (Wildman–Crippen MR) is 298 cm³/mol. The topological polar surface area (TPSA) is 78.9 Å². The Morgan fingerprint density at radius 1 is 0.304 bits per heavy atom. The van der Waals surface area contributed by atoms with Gasteiger partial charge in [-0.2, -0.15) is 0 Å². The minimum atomic E-state index is -0.780. The van der Waals surface area contributed by atoms with Crippen LogP contribution in [0.1, 0.15) is 316 Å². The molecule has 0 N–H and O–H groups in total. The van der Waals surface area contributed by atoms with Gasteiger partial charge in [0, 0.05) is 19.3 Å². The summed E-state index contributed by atoms with van der Waals surface area (Å²) in [6.07, 6.45) is 71.1. The zero-order chi connectivity index (χ0) is 50.0. The number of hydrogen-bond donors (Lipinski definition) is 0. The molecule has 0 aliphatic heterocycles. The van der Waals surface area contributed by atoms with Crippen molar-refractivity contribution in [1.82, 2.24) is 0 Å². The highest BCUT2D eigenvalue weighted by atomic mass is 16.6. The zero-order valence-electron chi connectivity index (χ0n) is 46.1. The average molecular weight is 968 g/mol. The molecular formula is C63H114O6. The lowest BCUT2D eigenvalue weighted by Gasteiger charge is -2.18. The van der Waals surface area contributed by atoms with Gasteiger partial charge in [-0.15, -0.1) is 0 Å². The molecular weight excluding hydrogens is 853 g/mol. The maximum Gasteiger partial charge on any atom is 0.306 e. The maximum atomic E-state index is 12.9. The quantitative estimate of drug-likeness (QED) is 0.0262. The molecule has 0 spiro atoms. The number of esters is 3. The summed E-state index contributed by atoms with van der Waals surface area (Å²) in [6, 6.07) is 0. The first kappa shape index (κ1) is 66.4. The Morgan fingerprint density at radius 2 is 0.565 bits per heavy atom. The van der Waals surface area contributed by atoms with Gasteiger partial charge in [0.1, 0.15) is 13.2 Å². The Labute approximate surface area is 428 Å². The third kappa shape index (κ3) is 56.2. The van der Waals surface area contributed by atoms with Crippen molar-refractivity contribution in [1.29, 1.82) is 0 Å². The Bertz CT molecular complexity index is 1200. The molecule has 0 aromatic heterocycles. The van der Waals surface area contributed by atoms with E-state index in [2.05, 4.69) is 69.4 Å². The van der Waals surface area contributed by atoms with Gasteiger partial charge < -0.3 is 14.2 Å². The molecule has 402 valence electrons. The molecule has 0 aromatic carbocycles. The number of unbranched alkanes of at least 4 members (excludes halogenated alkanes) is 36. The lowest BCUT2D eigenvalue weighted by atomic mass is 10.0. The van der Waals surface area contributed by atoms with E-state index in [4.69, 9.17) is 14.2 Å². The first-order valence-corrected chi connectivity index (χ1v) is 30.1. The van der Waals surface area contributed by atoms with Gasteiger partial charge in [-0.3, -0.25) is 14.4 Å². The van der Waals surface area contributed by atoms with Crippen molar-refractivity contribution in [2.45, 2.75) is 322 Å². The normalized spacial score (nSPS) is 12.3. The third-order valence-corrected chi connectivity index (χ3v) is 13.3. The summed E-state index contributed by atoms with van der Waals surface area (Å²) in [7, 11) is 0. The van der Waals surface area contributed by atoms with Gasteiger partial charge in [0.15, 0.2) is 6.10 Å². The van der Waals surface area contributed by atoms with E-state index in [-0.39, 0.29) is 31.1 Å². The van der Waals surface area contributed by atoms with Crippen LogP contribution in [0, 0.1) is 0 Å². The smallest absolute Gasteiger partial charge is 0.306 e. The first-order chi connectivity index (χ1) is 34.0. The van der Waals surface area contributed by atoms with Gasteiger partial charge in [-0.05, 0) is 77.0 Å². The van der Waals surface area contributed by atoms with E-state index in [1.807, 2.05) is 0 Å². The molecule has 0 saturated heterocycles. The van der Waals surface area contributed by atoms with Crippen LogP contribution >= 0.6 is 0 Å². The Morgan fingerprint density at radius 3 is 0.928 bits per heavy atom. The summed E-state index contributed by atoms with van der Waals surface area (Å²) in [5.74, 6) is -0.880. The highest BCUT2D eigenvalue weighted by Crippen LogP contribution is 2.17. The van der Waals surface area contributed by atoms with Gasteiger partial charge in [-0.25, -0.2) is 0 Å². The maximum absolute atomic E-state index is 12.9. The van der Waals surface area contributed by atoms with Crippen LogP contribution in [0.4, 0.5) is 0 Å². The summed E-state index contributed by atoms with van der Waals surface area (Å²) in [6.45, 7) is 6.53. The molecule has 0 fully saturated rings. The van der Waals surface area contributed by atoms with E-state index in [0.717, 1.165) is 89.9 Å². The highest BCUT2D eigenvalue weighted by Gasteiger charge is 2.19. The van der Waals surface area contributed by atoms with Crippen molar-refractivity contribution in [3.63, 3.8) is 0 Å². The Balaban J connectivity index is 4.28. The largest absolute Gasteiger partial charge is 0.462 e. The minimum Gasteiger partial charge on any atom is -0.462 e. The average Bonchev–Trinajstić information content (AvgIpc) is 3.35. The second kappa shape index (κ2) is 57.9. The molecule has 0 aliphatic rings. The van der Waals surface area contributed by atoms with Crippen LogP contribution in [0.5, 0.6) is 0 Å². The molecule has 6 heteroatoms. The fourth-order valence-corrected chi connectivity index (χ4v) is 8.81. The summed E-state index contributed by atoms with van der Waals surface area (Å²) < 4.78 is 16.9. The summed E-state index contributed by atoms with van der Waals surface area (Å²) >= 11 is 0. The van der Waals surface area contributed by atoms with E-state index in [0.29, 0.717) is 19.3 Å². The van der Waals surface area contributed by atoms with Crippen molar-refractivity contribution in [2.75, 3.05) is 13.2 Å². The Kier molecular flexibility index (Phi) is 55.7. The number of hydrogen-bond acceptors (Lipinski definition) is 6. The SMILES string of the molecule is CC/C=C\C/C=C\C/C=C\CCCCCCCCCC(=O)OC(COC(=O)CCCCCCC/C=C\CCCCC)COC(=O)CCCCCCCCCCCCCCCCCCCCCCCC. The summed E-state index contributed by atoms with van der Waals surface area (Å²) in [4.78, 5) is 38.2. The van der Waals surface area contributed by atoms with E-state index in [1.165, 1.54) is 186 Å².